The van der Waals surface area contributed by atoms with Crippen molar-refractivity contribution in [1.29, 1.82) is 0 Å². The van der Waals surface area contributed by atoms with Gasteiger partial charge in [-0.15, -0.1) is 0 Å². The van der Waals surface area contributed by atoms with Crippen molar-refractivity contribution in [2.24, 2.45) is 0 Å². The van der Waals surface area contributed by atoms with E-state index in [0.29, 0.717) is 6.42 Å². The number of carbonyl (C=O) groups is 1. The maximum Gasteiger partial charge on any atom is 0.320 e. The van der Waals surface area contributed by atoms with Crippen molar-refractivity contribution in [1.82, 2.24) is 4.90 Å². The van der Waals surface area contributed by atoms with Crippen molar-refractivity contribution in [2.45, 2.75) is 26.3 Å². The second-order valence-corrected chi connectivity index (χ2v) is 5.12. The summed E-state index contributed by atoms with van der Waals surface area (Å²) < 4.78 is 0. The molecule has 1 fully saturated rings. The Kier molecular flexibility index (Phi) is 4.43. The Labute approximate surface area is 114 Å². The zero-order valence-electron chi connectivity index (χ0n) is 11.7. The molecule has 4 nitrogen and oxygen atoms in total. The lowest BCUT2D eigenvalue weighted by atomic mass is 10.1. The SMILES string of the molecule is CC[C@@H](C(=O)O)N1CCN(c2cccc(C)c2)CC1. The predicted octanol–water partition coefficient (Wildman–Crippen LogP) is 1.98. The minimum atomic E-state index is -0.702. The Morgan fingerprint density at radius 3 is 2.53 bits per heavy atom. The number of benzene rings is 1. The smallest absolute Gasteiger partial charge is 0.320 e. The van der Waals surface area contributed by atoms with E-state index in [0.717, 1.165) is 26.2 Å². The van der Waals surface area contributed by atoms with Crippen molar-refractivity contribution in [3.8, 4) is 0 Å². The normalized spacial score (nSPS) is 18.3. The minimum Gasteiger partial charge on any atom is -0.480 e. The molecule has 0 bridgehead atoms. The largest absolute Gasteiger partial charge is 0.480 e. The summed E-state index contributed by atoms with van der Waals surface area (Å²) in [6, 6.07) is 8.14. The maximum atomic E-state index is 11.2. The topological polar surface area (TPSA) is 43.8 Å². The Balaban J connectivity index is 1.97. The van der Waals surface area contributed by atoms with Crippen molar-refractivity contribution < 1.29 is 9.90 Å². The van der Waals surface area contributed by atoms with E-state index < -0.39 is 5.97 Å². The summed E-state index contributed by atoms with van der Waals surface area (Å²) in [5.74, 6) is -0.702. The van der Waals surface area contributed by atoms with E-state index in [1.165, 1.54) is 11.3 Å². The molecule has 0 saturated carbocycles. The quantitative estimate of drug-likeness (QED) is 0.901. The minimum absolute atomic E-state index is 0.334. The zero-order valence-corrected chi connectivity index (χ0v) is 11.7. The standard InChI is InChI=1S/C15H22N2O2/c1-3-14(15(18)19)17-9-7-16(8-10-17)13-6-4-5-12(2)11-13/h4-6,11,14H,3,7-10H2,1-2H3,(H,18,19)/t14-/m0/s1. The van der Waals surface area contributed by atoms with Crippen LogP contribution in [0, 0.1) is 6.92 Å². The number of hydrogen-bond donors (Lipinski definition) is 1. The molecule has 19 heavy (non-hydrogen) atoms. The van der Waals surface area contributed by atoms with Gasteiger partial charge in [-0.2, -0.15) is 0 Å². The molecule has 0 unspecified atom stereocenters. The Morgan fingerprint density at radius 2 is 2.00 bits per heavy atom. The van der Waals surface area contributed by atoms with Gasteiger partial charge in [-0.25, -0.2) is 0 Å². The van der Waals surface area contributed by atoms with Crippen molar-refractivity contribution in [3.63, 3.8) is 0 Å². The van der Waals surface area contributed by atoms with Gasteiger partial charge in [0, 0.05) is 31.9 Å². The first-order valence-electron chi connectivity index (χ1n) is 6.90. The summed E-state index contributed by atoms with van der Waals surface area (Å²) in [7, 11) is 0. The van der Waals surface area contributed by atoms with Gasteiger partial charge in [0.1, 0.15) is 6.04 Å². The van der Waals surface area contributed by atoms with Crippen LogP contribution < -0.4 is 4.90 Å². The average Bonchev–Trinajstić information content (AvgIpc) is 2.40. The van der Waals surface area contributed by atoms with Gasteiger partial charge in [-0.3, -0.25) is 9.69 Å². The molecule has 1 aliphatic heterocycles. The number of anilines is 1. The van der Waals surface area contributed by atoms with E-state index in [4.69, 9.17) is 0 Å². The molecule has 0 amide bonds. The lowest BCUT2D eigenvalue weighted by molar-refractivity contribution is -0.143. The van der Waals surface area contributed by atoms with Crippen molar-refractivity contribution in [3.05, 3.63) is 29.8 Å². The third kappa shape index (κ3) is 3.26. The van der Waals surface area contributed by atoms with Crippen LogP contribution in [0.4, 0.5) is 5.69 Å². The fourth-order valence-electron chi connectivity index (χ4n) is 2.71. The predicted molar refractivity (Wildman–Crippen MR) is 76.7 cm³/mol. The molecule has 1 N–H and O–H groups in total. The van der Waals surface area contributed by atoms with Crippen LogP contribution in [-0.2, 0) is 4.79 Å². The lowest BCUT2D eigenvalue weighted by Crippen LogP contribution is -2.52. The molecular weight excluding hydrogens is 240 g/mol. The summed E-state index contributed by atoms with van der Waals surface area (Å²) in [4.78, 5) is 15.6. The van der Waals surface area contributed by atoms with E-state index in [1.54, 1.807) is 0 Å². The van der Waals surface area contributed by atoms with E-state index in [2.05, 4.69) is 41.0 Å². The Hall–Kier alpha value is -1.55. The molecule has 1 aromatic carbocycles. The maximum absolute atomic E-state index is 11.2. The first-order chi connectivity index (χ1) is 9.11. The summed E-state index contributed by atoms with van der Waals surface area (Å²) in [5.41, 5.74) is 2.50. The first-order valence-corrected chi connectivity index (χ1v) is 6.90. The number of carboxylic acids is 1. The third-order valence-electron chi connectivity index (χ3n) is 3.79. The molecule has 4 heteroatoms. The van der Waals surface area contributed by atoms with Crippen molar-refractivity contribution in [2.75, 3.05) is 31.1 Å². The molecule has 1 aromatic rings. The van der Waals surface area contributed by atoms with Crippen LogP contribution in [0.3, 0.4) is 0 Å². The molecule has 0 spiro atoms. The molecule has 0 aromatic heterocycles. The highest BCUT2D eigenvalue weighted by Gasteiger charge is 2.27. The van der Waals surface area contributed by atoms with Crippen LogP contribution in [0.25, 0.3) is 0 Å². The van der Waals surface area contributed by atoms with E-state index in [9.17, 15) is 9.90 Å². The fourth-order valence-corrected chi connectivity index (χ4v) is 2.71. The molecule has 0 radical (unpaired) electrons. The fraction of sp³-hybridized carbons (Fsp3) is 0.533. The van der Waals surface area contributed by atoms with Gasteiger partial charge < -0.3 is 10.0 Å². The van der Waals surface area contributed by atoms with Crippen LogP contribution in [0.1, 0.15) is 18.9 Å². The van der Waals surface area contributed by atoms with Gasteiger partial charge in [0.15, 0.2) is 0 Å². The molecule has 1 saturated heterocycles. The summed E-state index contributed by atoms with van der Waals surface area (Å²) in [5, 5.41) is 9.19. The highest BCUT2D eigenvalue weighted by Crippen LogP contribution is 2.19. The third-order valence-corrected chi connectivity index (χ3v) is 3.79. The zero-order chi connectivity index (χ0) is 13.8. The number of aliphatic carboxylic acids is 1. The monoisotopic (exact) mass is 262 g/mol. The number of piperazine rings is 1. The number of aryl methyl sites for hydroxylation is 1. The van der Waals surface area contributed by atoms with E-state index >= 15 is 0 Å². The number of carboxylic acid groups (broad SMARTS) is 1. The van der Waals surface area contributed by atoms with Crippen LogP contribution >= 0.6 is 0 Å². The van der Waals surface area contributed by atoms with Gasteiger partial charge in [-0.05, 0) is 31.0 Å². The molecule has 104 valence electrons. The summed E-state index contributed by atoms with van der Waals surface area (Å²) in [6.07, 6.45) is 0.666. The molecule has 1 atom stereocenters. The molecule has 2 rings (SSSR count). The molecule has 0 aliphatic carbocycles. The van der Waals surface area contributed by atoms with Gasteiger partial charge in [0.25, 0.3) is 0 Å². The highest BCUT2D eigenvalue weighted by molar-refractivity contribution is 5.73. The highest BCUT2D eigenvalue weighted by atomic mass is 16.4. The second-order valence-electron chi connectivity index (χ2n) is 5.12. The summed E-state index contributed by atoms with van der Waals surface area (Å²) >= 11 is 0. The first kappa shape index (κ1) is 13.9. The second kappa shape index (κ2) is 6.06. The number of hydrogen-bond acceptors (Lipinski definition) is 3. The lowest BCUT2D eigenvalue weighted by Gasteiger charge is -2.38. The summed E-state index contributed by atoms with van der Waals surface area (Å²) in [6.45, 7) is 7.46. The van der Waals surface area contributed by atoms with E-state index in [-0.39, 0.29) is 6.04 Å². The van der Waals surface area contributed by atoms with Gasteiger partial charge in [0.05, 0.1) is 0 Å². The number of rotatable bonds is 4. The Bertz CT molecular complexity index is 440. The van der Waals surface area contributed by atoms with Crippen LogP contribution in [-0.4, -0.2) is 48.2 Å². The van der Waals surface area contributed by atoms with Gasteiger partial charge in [-0.1, -0.05) is 19.1 Å². The van der Waals surface area contributed by atoms with E-state index in [1.807, 2.05) is 6.92 Å². The van der Waals surface area contributed by atoms with Crippen LogP contribution in [0.5, 0.6) is 0 Å². The van der Waals surface area contributed by atoms with Gasteiger partial charge in [0.2, 0.25) is 0 Å². The Morgan fingerprint density at radius 1 is 1.32 bits per heavy atom. The molecular formula is C15H22N2O2. The average molecular weight is 262 g/mol. The molecule has 1 heterocycles. The van der Waals surface area contributed by atoms with Crippen molar-refractivity contribution >= 4 is 11.7 Å². The van der Waals surface area contributed by atoms with Crippen LogP contribution in [0.15, 0.2) is 24.3 Å². The van der Waals surface area contributed by atoms with Gasteiger partial charge >= 0.3 is 5.97 Å². The molecule has 1 aliphatic rings. The van der Waals surface area contributed by atoms with Crippen LogP contribution in [0.2, 0.25) is 0 Å². The number of nitrogens with zero attached hydrogens (tertiary/aromatic N) is 2.